The van der Waals surface area contributed by atoms with Gasteiger partial charge in [0.1, 0.15) is 29.6 Å². The van der Waals surface area contributed by atoms with Crippen molar-refractivity contribution < 1.29 is 32.7 Å². The number of aryl methyl sites for hydroxylation is 3. The second-order valence-electron chi connectivity index (χ2n) is 8.01. The van der Waals surface area contributed by atoms with Crippen LogP contribution in [0.5, 0.6) is 11.5 Å². The zero-order valence-electron chi connectivity index (χ0n) is 20.5. The molecule has 0 atom stereocenters. The Hall–Kier alpha value is -4.34. The Balaban J connectivity index is 1.34. The van der Waals surface area contributed by atoms with Gasteiger partial charge in [-0.3, -0.25) is 4.79 Å². The molecule has 10 heteroatoms. The number of carbonyl (C=O) groups excluding carboxylic acids is 2. The molecule has 188 valence electrons. The zero-order chi connectivity index (χ0) is 25.7. The Morgan fingerprint density at radius 2 is 1.75 bits per heavy atom. The first kappa shape index (κ1) is 24.8. The molecule has 3 heterocycles. The van der Waals surface area contributed by atoms with Gasteiger partial charge < -0.3 is 28.5 Å². The van der Waals surface area contributed by atoms with E-state index in [1.54, 1.807) is 25.1 Å². The summed E-state index contributed by atoms with van der Waals surface area (Å²) in [6.07, 6.45) is 0. The second kappa shape index (κ2) is 10.9. The van der Waals surface area contributed by atoms with Crippen LogP contribution in [0.25, 0.3) is 22.4 Å². The van der Waals surface area contributed by atoms with Gasteiger partial charge in [0.2, 0.25) is 0 Å². The van der Waals surface area contributed by atoms with Crippen molar-refractivity contribution >= 4 is 23.0 Å². The van der Waals surface area contributed by atoms with E-state index in [0.717, 1.165) is 11.3 Å². The fourth-order valence-electron chi connectivity index (χ4n) is 3.70. The van der Waals surface area contributed by atoms with Crippen molar-refractivity contribution in [2.24, 2.45) is 0 Å². The monoisotopic (exact) mass is 493 g/mol. The van der Waals surface area contributed by atoms with Crippen LogP contribution in [0.3, 0.4) is 0 Å². The number of benzene rings is 1. The van der Waals surface area contributed by atoms with E-state index < -0.39 is 18.5 Å². The lowest BCUT2D eigenvalue weighted by atomic mass is 10.1. The molecule has 1 amide bonds. The Morgan fingerprint density at radius 1 is 1.03 bits per heavy atom. The molecular formula is C26H27N3O7. The van der Waals surface area contributed by atoms with E-state index in [0.29, 0.717) is 40.7 Å². The molecule has 0 bridgehead atoms. The third-order valence-corrected chi connectivity index (χ3v) is 5.32. The summed E-state index contributed by atoms with van der Waals surface area (Å²) in [7, 11) is 0. The lowest BCUT2D eigenvalue weighted by Gasteiger charge is -2.10. The average molecular weight is 494 g/mol. The number of esters is 1. The van der Waals surface area contributed by atoms with Crippen LogP contribution in [0.4, 0.5) is 0 Å². The Labute approximate surface area is 207 Å². The van der Waals surface area contributed by atoms with E-state index in [-0.39, 0.29) is 24.4 Å². The normalized spacial score (nSPS) is 10.9. The highest BCUT2D eigenvalue weighted by Crippen LogP contribution is 2.30. The topological polar surface area (TPSA) is 126 Å². The minimum atomic E-state index is -0.686. The number of hydrogen-bond donors (Lipinski definition) is 1. The molecule has 0 aliphatic heterocycles. The number of aromatic nitrogens is 2. The smallest absolute Gasteiger partial charge is 0.339 e. The van der Waals surface area contributed by atoms with Gasteiger partial charge in [0.15, 0.2) is 6.61 Å². The van der Waals surface area contributed by atoms with Crippen LogP contribution in [0, 0.1) is 20.8 Å². The van der Waals surface area contributed by atoms with E-state index in [4.69, 9.17) is 23.2 Å². The summed E-state index contributed by atoms with van der Waals surface area (Å²) in [5.74, 6) is 1.65. The first-order valence-corrected chi connectivity index (χ1v) is 11.5. The van der Waals surface area contributed by atoms with Gasteiger partial charge in [-0.2, -0.15) is 0 Å². The molecule has 1 aromatic carbocycles. The fourth-order valence-corrected chi connectivity index (χ4v) is 3.70. The first-order chi connectivity index (χ1) is 17.4. The van der Waals surface area contributed by atoms with Gasteiger partial charge in [-0.05, 0) is 64.1 Å². The Bertz CT molecular complexity index is 1370. The van der Waals surface area contributed by atoms with Crippen molar-refractivity contribution in [3.8, 4) is 22.8 Å². The highest BCUT2D eigenvalue weighted by atomic mass is 16.5. The number of carbonyl (C=O) groups is 2. The van der Waals surface area contributed by atoms with E-state index in [1.807, 2.05) is 39.0 Å². The number of pyridine rings is 1. The molecule has 3 aromatic heterocycles. The van der Waals surface area contributed by atoms with Crippen molar-refractivity contribution in [3.05, 3.63) is 59.2 Å². The number of rotatable bonds is 10. The maximum absolute atomic E-state index is 12.9. The highest BCUT2D eigenvalue weighted by Gasteiger charge is 2.22. The molecule has 4 aromatic rings. The number of ether oxygens (including phenoxy) is 3. The largest absolute Gasteiger partial charge is 0.494 e. The standard InChI is InChI=1S/C26H27N3O7/c1-5-32-18-6-8-19(9-7-18)33-11-10-27-23(30)14-34-26(31)21-13-22(20-12-15(2)35-17(20)4)28-25-24(21)16(3)29-36-25/h6-9,12-13H,5,10-11,14H2,1-4H3,(H,27,30). The second-order valence-corrected chi connectivity index (χ2v) is 8.01. The number of nitrogens with zero attached hydrogens (tertiary/aromatic N) is 2. The van der Waals surface area contributed by atoms with Gasteiger partial charge in [0.05, 0.1) is 35.5 Å². The summed E-state index contributed by atoms with van der Waals surface area (Å²) in [6.45, 7) is 7.89. The molecule has 10 nitrogen and oxygen atoms in total. The van der Waals surface area contributed by atoms with E-state index >= 15 is 0 Å². The Kier molecular flexibility index (Phi) is 7.53. The predicted molar refractivity (Wildman–Crippen MR) is 130 cm³/mol. The summed E-state index contributed by atoms with van der Waals surface area (Å²) in [4.78, 5) is 29.6. The number of furan rings is 1. The van der Waals surface area contributed by atoms with Crippen molar-refractivity contribution in [1.82, 2.24) is 15.5 Å². The van der Waals surface area contributed by atoms with Crippen LogP contribution in [-0.4, -0.2) is 48.4 Å². The average Bonchev–Trinajstić information content (AvgIpc) is 3.41. The molecule has 0 aliphatic carbocycles. The molecular weight excluding hydrogens is 466 g/mol. The molecule has 0 saturated carbocycles. The number of fused-ring (bicyclic) bond motifs is 1. The zero-order valence-corrected chi connectivity index (χ0v) is 20.5. The van der Waals surface area contributed by atoms with Gasteiger partial charge in [-0.15, -0.1) is 0 Å². The van der Waals surface area contributed by atoms with Gasteiger partial charge in [-0.25, -0.2) is 9.78 Å². The number of nitrogens with one attached hydrogen (secondary N) is 1. The lowest BCUT2D eigenvalue weighted by molar-refractivity contribution is -0.124. The molecule has 1 N–H and O–H groups in total. The maximum Gasteiger partial charge on any atom is 0.339 e. The molecule has 0 radical (unpaired) electrons. The summed E-state index contributed by atoms with van der Waals surface area (Å²) < 4.78 is 27.1. The third kappa shape index (κ3) is 5.65. The molecule has 0 fully saturated rings. The van der Waals surface area contributed by atoms with Gasteiger partial charge in [-0.1, -0.05) is 5.16 Å². The maximum atomic E-state index is 12.9. The van der Waals surface area contributed by atoms with Gasteiger partial charge in [0.25, 0.3) is 11.6 Å². The summed E-state index contributed by atoms with van der Waals surface area (Å²) in [6, 6.07) is 10.6. The highest BCUT2D eigenvalue weighted by molar-refractivity contribution is 6.04. The molecule has 36 heavy (non-hydrogen) atoms. The van der Waals surface area contributed by atoms with Crippen molar-refractivity contribution in [2.45, 2.75) is 27.7 Å². The van der Waals surface area contributed by atoms with Crippen molar-refractivity contribution in [3.63, 3.8) is 0 Å². The lowest BCUT2D eigenvalue weighted by Crippen LogP contribution is -2.32. The SMILES string of the molecule is CCOc1ccc(OCCNC(=O)COC(=O)c2cc(-c3cc(C)oc3C)nc3onc(C)c23)cc1. The fraction of sp³-hybridized carbons (Fsp3) is 0.308. The van der Waals surface area contributed by atoms with Crippen LogP contribution < -0.4 is 14.8 Å². The summed E-state index contributed by atoms with van der Waals surface area (Å²) in [5, 5.41) is 7.01. The number of amides is 1. The molecule has 4 rings (SSSR count). The van der Waals surface area contributed by atoms with Crippen molar-refractivity contribution in [2.75, 3.05) is 26.4 Å². The summed E-state index contributed by atoms with van der Waals surface area (Å²) >= 11 is 0. The molecule has 0 unspecified atom stereocenters. The molecule has 0 saturated heterocycles. The Morgan fingerprint density at radius 3 is 2.42 bits per heavy atom. The van der Waals surface area contributed by atoms with E-state index in [1.165, 1.54) is 0 Å². The predicted octanol–water partition coefficient (Wildman–Crippen LogP) is 4.16. The van der Waals surface area contributed by atoms with Crippen molar-refractivity contribution in [1.29, 1.82) is 0 Å². The van der Waals surface area contributed by atoms with Crippen LogP contribution in [-0.2, 0) is 9.53 Å². The van der Waals surface area contributed by atoms with E-state index in [9.17, 15) is 9.59 Å². The quantitative estimate of drug-likeness (QED) is 0.256. The van der Waals surface area contributed by atoms with Crippen LogP contribution >= 0.6 is 0 Å². The molecule has 0 spiro atoms. The van der Waals surface area contributed by atoms with Crippen LogP contribution in [0.15, 0.2) is 45.3 Å². The molecule has 0 aliphatic rings. The summed E-state index contributed by atoms with van der Waals surface area (Å²) in [5.41, 5.74) is 2.11. The van der Waals surface area contributed by atoms with Crippen LogP contribution in [0.1, 0.15) is 34.5 Å². The van der Waals surface area contributed by atoms with Gasteiger partial charge in [0, 0.05) is 5.56 Å². The first-order valence-electron chi connectivity index (χ1n) is 11.5. The van der Waals surface area contributed by atoms with Gasteiger partial charge >= 0.3 is 5.97 Å². The third-order valence-electron chi connectivity index (χ3n) is 5.32. The minimum Gasteiger partial charge on any atom is -0.494 e. The van der Waals surface area contributed by atoms with E-state index in [2.05, 4.69) is 15.5 Å². The van der Waals surface area contributed by atoms with Crippen LogP contribution in [0.2, 0.25) is 0 Å². The number of hydrogen-bond acceptors (Lipinski definition) is 9. The minimum absolute atomic E-state index is 0.200.